The Morgan fingerprint density at radius 2 is 1.87 bits per heavy atom. The second-order valence-electron chi connectivity index (χ2n) is 5.10. The lowest BCUT2D eigenvalue weighted by Crippen LogP contribution is -2.25. The van der Waals surface area contributed by atoms with Gasteiger partial charge in [0.15, 0.2) is 17.5 Å². The van der Waals surface area contributed by atoms with Crippen LogP contribution in [-0.2, 0) is 6.54 Å². The van der Waals surface area contributed by atoms with Gasteiger partial charge >= 0.3 is 0 Å². The van der Waals surface area contributed by atoms with Crippen molar-refractivity contribution in [3.8, 4) is 0 Å². The fraction of sp³-hybridized carbons (Fsp3) is 0.267. The van der Waals surface area contributed by atoms with Gasteiger partial charge in [-0.2, -0.15) is 0 Å². The van der Waals surface area contributed by atoms with Gasteiger partial charge in [-0.3, -0.25) is 4.79 Å². The fourth-order valence-electron chi connectivity index (χ4n) is 1.87. The molecule has 0 aliphatic rings. The van der Waals surface area contributed by atoms with E-state index >= 15 is 0 Å². The summed E-state index contributed by atoms with van der Waals surface area (Å²) in [5, 5.41) is 2.42. The third kappa shape index (κ3) is 3.77. The maximum absolute atomic E-state index is 13.6. The molecule has 23 heavy (non-hydrogen) atoms. The van der Waals surface area contributed by atoms with E-state index in [2.05, 4.69) is 15.3 Å². The lowest BCUT2D eigenvalue weighted by atomic mass is 10.2. The Morgan fingerprint density at radius 3 is 2.52 bits per heavy atom. The van der Waals surface area contributed by atoms with Crippen molar-refractivity contribution >= 4 is 11.9 Å². The first kappa shape index (κ1) is 16.7. The summed E-state index contributed by atoms with van der Waals surface area (Å²) in [4.78, 5) is 22.0. The van der Waals surface area contributed by atoms with Crippen LogP contribution < -0.4 is 10.2 Å². The number of carbonyl (C=O) groups excluding carboxylic acids is 1. The summed E-state index contributed by atoms with van der Waals surface area (Å²) in [5.41, 5.74) is 0.645. The number of nitrogens with one attached hydrogen (secondary N) is 1. The molecule has 0 aliphatic carbocycles. The molecule has 2 rings (SSSR count). The van der Waals surface area contributed by atoms with Crippen LogP contribution in [0.2, 0.25) is 0 Å². The summed E-state index contributed by atoms with van der Waals surface area (Å²) in [6, 6.07) is 3.25. The highest BCUT2D eigenvalue weighted by Crippen LogP contribution is 2.15. The molecule has 1 amide bonds. The average Bonchev–Trinajstić information content (AvgIpc) is 2.50. The van der Waals surface area contributed by atoms with Crippen molar-refractivity contribution in [3.05, 3.63) is 52.6 Å². The van der Waals surface area contributed by atoms with Gasteiger partial charge in [0.05, 0.1) is 17.8 Å². The van der Waals surface area contributed by atoms with Gasteiger partial charge in [-0.05, 0) is 25.1 Å². The monoisotopic (exact) mass is 324 g/mol. The van der Waals surface area contributed by atoms with Crippen molar-refractivity contribution < 1.29 is 18.0 Å². The average molecular weight is 324 g/mol. The molecule has 8 heteroatoms. The van der Waals surface area contributed by atoms with Crippen LogP contribution >= 0.6 is 0 Å². The van der Waals surface area contributed by atoms with E-state index in [0.29, 0.717) is 23.4 Å². The molecule has 2 aromatic rings. The Balaban J connectivity index is 2.15. The summed E-state index contributed by atoms with van der Waals surface area (Å²) >= 11 is 0. The molecule has 1 aromatic carbocycles. The van der Waals surface area contributed by atoms with Crippen LogP contribution in [0.25, 0.3) is 0 Å². The summed E-state index contributed by atoms with van der Waals surface area (Å²) in [5.74, 6) is -4.93. The molecule has 0 unspecified atom stereocenters. The molecule has 1 N–H and O–H groups in total. The Labute approximate surface area is 131 Å². The van der Waals surface area contributed by atoms with Crippen molar-refractivity contribution in [1.82, 2.24) is 15.3 Å². The number of nitrogens with zero attached hydrogens (tertiary/aromatic N) is 3. The quantitative estimate of drug-likeness (QED) is 0.876. The SMILES string of the molecule is Cc1cc(CNC(=O)c2ccc(F)c(F)c2F)nc(N(C)C)n1. The molecule has 1 heterocycles. The van der Waals surface area contributed by atoms with Crippen LogP contribution in [0, 0.1) is 24.4 Å². The largest absolute Gasteiger partial charge is 0.347 e. The van der Waals surface area contributed by atoms with Gasteiger partial charge in [-0.1, -0.05) is 0 Å². The lowest BCUT2D eigenvalue weighted by molar-refractivity contribution is 0.0945. The molecule has 0 spiro atoms. The van der Waals surface area contributed by atoms with Crippen LogP contribution in [0.1, 0.15) is 21.7 Å². The minimum Gasteiger partial charge on any atom is -0.347 e. The maximum atomic E-state index is 13.6. The third-order valence-corrected chi connectivity index (χ3v) is 3.01. The summed E-state index contributed by atoms with van der Waals surface area (Å²) < 4.78 is 39.6. The van der Waals surface area contributed by atoms with Gasteiger partial charge in [-0.15, -0.1) is 0 Å². The van der Waals surface area contributed by atoms with E-state index in [-0.39, 0.29) is 6.54 Å². The first-order valence-corrected chi connectivity index (χ1v) is 6.73. The van der Waals surface area contributed by atoms with Crippen LogP contribution in [0.4, 0.5) is 19.1 Å². The minimum absolute atomic E-state index is 0.00146. The predicted molar refractivity (Wildman–Crippen MR) is 78.6 cm³/mol. The van der Waals surface area contributed by atoms with Crippen LogP contribution in [0.3, 0.4) is 0 Å². The molecule has 0 radical (unpaired) electrons. The maximum Gasteiger partial charge on any atom is 0.254 e. The van der Waals surface area contributed by atoms with Gasteiger partial charge in [0.25, 0.3) is 5.91 Å². The van der Waals surface area contributed by atoms with E-state index in [9.17, 15) is 18.0 Å². The molecule has 0 atom stereocenters. The second kappa shape index (κ2) is 6.64. The van der Waals surface area contributed by atoms with Crippen molar-refractivity contribution in [3.63, 3.8) is 0 Å². The number of aryl methyl sites for hydroxylation is 1. The first-order valence-electron chi connectivity index (χ1n) is 6.73. The first-order chi connectivity index (χ1) is 10.8. The summed E-state index contributed by atoms with van der Waals surface area (Å²) in [7, 11) is 3.54. The smallest absolute Gasteiger partial charge is 0.254 e. The number of halogens is 3. The Hall–Kier alpha value is -2.64. The van der Waals surface area contributed by atoms with Crippen molar-refractivity contribution in [2.45, 2.75) is 13.5 Å². The normalized spacial score (nSPS) is 10.5. The number of anilines is 1. The summed E-state index contributed by atoms with van der Waals surface area (Å²) in [6.45, 7) is 1.77. The van der Waals surface area contributed by atoms with Crippen molar-refractivity contribution in [2.75, 3.05) is 19.0 Å². The highest BCUT2D eigenvalue weighted by molar-refractivity contribution is 5.94. The molecular weight excluding hydrogens is 309 g/mol. The molecule has 122 valence electrons. The Kier molecular flexibility index (Phi) is 4.83. The molecule has 0 bridgehead atoms. The third-order valence-electron chi connectivity index (χ3n) is 3.01. The number of aromatic nitrogens is 2. The van der Waals surface area contributed by atoms with Gasteiger partial charge in [0.2, 0.25) is 5.95 Å². The van der Waals surface area contributed by atoms with Gasteiger partial charge in [0, 0.05) is 19.8 Å². The highest BCUT2D eigenvalue weighted by atomic mass is 19.2. The van der Waals surface area contributed by atoms with Crippen LogP contribution in [0.15, 0.2) is 18.2 Å². The highest BCUT2D eigenvalue weighted by Gasteiger charge is 2.18. The van der Waals surface area contributed by atoms with E-state index in [1.165, 1.54) is 0 Å². The molecule has 0 saturated carbocycles. The second-order valence-corrected chi connectivity index (χ2v) is 5.10. The number of hydrogen-bond donors (Lipinski definition) is 1. The zero-order chi connectivity index (χ0) is 17.1. The van der Waals surface area contributed by atoms with Crippen LogP contribution in [0.5, 0.6) is 0 Å². The Bertz CT molecular complexity index is 750. The molecule has 0 aliphatic heterocycles. The number of hydrogen-bond acceptors (Lipinski definition) is 4. The molecule has 5 nitrogen and oxygen atoms in total. The Morgan fingerprint density at radius 1 is 1.17 bits per heavy atom. The summed E-state index contributed by atoms with van der Waals surface area (Å²) in [6.07, 6.45) is 0. The van der Waals surface area contributed by atoms with E-state index in [0.717, 1.165) is 6.07 Å². The number of rotatable bonds is 4. The predicted octanol–water partition coefficient (Wildman–Crippen LogP) is 2.20. The topological polar surface area (TPSA) is 58.1 Å². The molecule has 1 aromatic heterocycles. The van der Waals surface area contributed by atoms with Gasteiger partial charge in [-0.25, -0.2) is 23.1 Å². The van der Waals surface area contributed by atoms with E-state index in [1.807, 2.05) is 0 Å². The van der Waals surface area contributed by atoms with E-state index in [1.54, 1.807) is 32.0 Å². The standard InChI is InChI=1S/C15H15F3N4O/c1-8-6-9(21-15(20-8)22(2)3)7-19-14(23)10-4-5-11(16)13(18)12(10)17/h4-6H,7H2,1-3H3,(H,19,23). The van der Waals surface area contributed by atoms with Crippen molar-refractivity contribution in [1.29, 1.82) is 0 Å². The number of carbonyl (C=O) groups is 1. The van der Waals surface area contributed by atoms with Gasteiger partial charge in [0.1, 0.15) is 0 Å². The van der Waals surface area contributed by atoms with E-state index in [4.69, 9.17) is 0 Å². The zero-order valence-electron chi connectivity index (χ0n) is 12.8. The molecule has 0 saturated heterocycles. The van der Waals surface area contributed by atoms with Gasteiger partial charge < -0.3 is 10.2 Å². The number of benzene rings is 1. The molecule has 0 fully saturated rings. The fourth-order valence-corrected chi connectivity index (χ4v) is 1.87. The molecular formula is C15H15F3N4O. The number of amides is 1. The lowest BCUT2D eigenvalue weighted by Gasteiger charge is -2.13. The minimum atomic E-state index is -1.68. The van der Waals surface area contributed by atoms with E-state index < -0.39 is 28.9 Å². The van der Waals surface area contributed by atoms with Crippen LogP contribution in [-0.4, -0.2) is 30.0 Å². The zero-order valence-corrected chi connectivity index (χ0v) is 12.8. The van der Waals surface area contributed by atoms with Crippen molar-refractivity contribution in [2.24, 2.45) is 0 Å².